The molecule has 2 aromatic rings. The zero-order valence-corrected chi connectivity index (χ0v) is 14.7. The van der Waals surface area contributed by atoms with E-state index in [0.717, 1.165) is 17.1 Å². The number of nitrogens with zero attached hydrogens (tertiary/aromatic N) is 1. The number of carbonyl (C=O) groups excluding carboxylic acids is 2. The highest BCUT2D eigenvalue weighted by molar-refractivity contribution is 7.09. The Morgan fingerprint density at radius 1 is 1.12 bits per heavy atom. The van der Waals surface area contributed by atoms with E-state index < -0.39 is 23.1 Å². The predicted molar refractivity (Wildman–Crippen MR) is 93.1 cm³/mol. The van der Waals surface area contributed by atoms with Gasteiger partial charge in [0.25, 0.3) is 11.8 Å². The lowest BCUT2D eigenvalue weighted by atomic mass is 10.2. The van der Waals surface area contributed by atoms with Crippen molar-refractivity contribution >= 4 is 35.6 Å². The normalized spacial score (nSPS) is 10.0. The van der Waals surface area contributed by atoms with Gasteiger partial charge in [0, 0.05) is 24.9 Å². The van der Waals surface area contributed by atoms with Gasteiger partial charge in [-0.2, -0.15) is 0 Å². The van der Waals surface area contributed by atoms with Crippen LogP contribution < -0.4 is 16.4 Å². The van der Waals surface area contributed by atoms with Crippen LogP contribution in [0.2, 0.25) is 0 Å². The van der Waals surface area contributed by atoms with Crippen molar-refractivity contribution < 1.29 is 18.4 Å². The Hall–Kier alpha value is -2.10. The summed E-state index contributed by atoms with van der Waals surface area (Å²) in [7, 11) is 0. The number of benzene rings is 1. The second kappa shape index (κ2) is 10.0. The fourth-order valence-electron chi connectivity index (χ4n) is 1.90. The lowest BCUT2D eigenvalue weighted by molar-refractivity contribution is 0.0921. The molecule has 136 valence electrons. The first-order valence-electron chi connectivity index (χ1n) is 7.17. The maximum Gasteiger partial charge on any atom is 0.270 e. The lowest BCUT2D eigenvalue weighted by Gasteiger charge is -2.07. The van der Waals surface area contributed by atoms with Gasteiger partial charge in [-0.3, -0.25) is 9.59 Å². The first-order valence-corrected chi connectivity index (χ1v) is 8.05. The molecule has 2 rings (SSSR count). The fourth-order valence-corrected chi connectivity index (χ4v) is 2.69. The monoisotopic (exact) mass is 390 g/mol. The van der Waals surface area contributed by atoms with E-state index in [1.165, 1.54) is 17.4 Å². The van der Waals surface area contributed by atoms with Gasteiger partial charge in [0.1, 0.15) is 22.9 Å². The summed E-state index contributed by atoms with van der Waals surface area (Å²) >= 11 is 1.34. The van der Waals surface area contributed by atoms with Crippen LogP contribution in [0.25, 0.3) is 0 Å². The second-order valence-corrected chi connectivity index (χ2v) is 5.72. The average molecular weight is 391 g/mol. The van der Waals surface area contributed by atoms with Crippen molar-refractivity contribution in [3.63, 3.8) is 0 Å². The zero-order valence-electron chi connectivity index (χ0n) is 13.1. The van der Waals surface area contributed by atoms with Gasteiger partial charge in [0.15, 0.2) is 0 Å². The van der Waals surface area contributed by atoms with E-state index in [0.29, 0.717) is 13.0 Å². The molecule has 0 atom stereocenters. The molecule has 0 aliphatic heterocycles. The third kappa shape index (κ3) is 5.73. The molecule has 1 aromatic heterocycles. The molecule has 6 nitrogen and oxygen atoms in total. The number of halogens is 3. The topological polar surface area (TPSA) is 97.1 Å². The van der Waals surface area contributed by atoms with Crippen molar-refractivity contribution in [2.75, 3.05) is 19.6 Å². The van der Waals surface area contributed by atoms with Crippen LogP contribution in [-0.4, -0.2) is 36.4 Å². The van der Waals surface area contributed by atoms with E-state index in [2.05, 4.69) is 15.6 Å². The van der Waals surface area contributed by atoms with Crippen molar-refractivity contribution in [3.8, 4) is 0 Å². The van der Waals surface area contributed by atoms with Crippen molar-refractivity contribution in [3.05, 3.63) is 51.5 Å². The van der Waals surface area contributed by atoms with Gasteiger partial charge in [-0.05, 0) is 18.7 Å². The Labute approximate surface area is 153 Å². The third-order valence-corrected chi connectivity index (χ3v) is 3.94. The highest BCUT2D eigenvalue weighted by atomic mass is 35.5. The molecule has 0 saturated carbocycles. The Morgan fingerprint density at radius 3 is 2.32 bits per heavy atom. The molecule has 4 N–H and O–H groups in total. The van der Waals surface area contributed by atoms with Gasteiger partial charge in [-0.15, -0.1) is 23.7 Å². The fraction of sp³-hybridized carbons (Fsp3) is 0.267. The molecule has 25 heavy (non-hydrogen) atoms. The minimum absolute atomic E-state index is 0. The molecule has 1 heterocycles. The standard InChI is InChI=1S/C15H16F2N4O2S.ClH/c16-9-2-1-3-10(17)13(9)15(23)20-7-6-19-14(22)11-8-24-12(21-11)4-5-18;/h1-3,8H,4-7,18H2,(H,19,22)(H,20,23);1H. The molecule has 0 fully saturated rings. The Balaban J connectivity index is 0.00000312. The van der Waals surface area contributed by atoms with Crippen molar-refractivity contribution in [2.45, 2.75) is 6.42 Å². The van der Waals surface area contributed by atoms with E-state index in [9.17, 15) is 18.4 Å². The molecule has 0 spiro atoms. The number of hydrogen-bond donors (Lipinski definition) is 3. The number of nitrogens with two attached hydrogens (primary N) is 1. The Morgan fingerprint density at radius 2 is 1.72 bits per heavy atom. The zero-order chi connectivity index (χ0) is 17.5. The first-order chi connectivity index (χ1) is 11.5. The van der Waals surface area contributed by atoms with Crippen molar-refractivity contribution in [1.29, 1.82) is 0 Å². The molecule has 1 aromatic carbocycles. The molecular formula is C15H17ClF2N4O2S. The first kappa shape index (κ1) is 20.9. The van der Waals surface area contributed by atoms with Crippen LogP contribution >= 0.6 is 23.7 Å². The smallest absolute Gasteiger partial charge is 0.270 e. The van der Waals surface area contributed by atoms with Crippen LogP contribution in [0.3, 0.4) is 0 Å². The highest BCUT2D eigenvalue weighted by Gasteiger charge is 2.16. The number of rotatable bonds is 7. The summed E-state index contributed by atoms with van der Waals surface area (Å²) in [6.07, 6.45) is 0.599. The summed E-state index contributed by atoms with van der Waals surface area (Å²) in [4.78, 5) is 27.7. The van der Waals surface area contributed by atoms with Gasteiger partial charge < -0.3 is 16.4 Å². The third-order valence-electron chi connectivity index (χ3n) is 3.03. The second-order valence-electron chi connectivity index (χ2n) is 4.77. The average Bonchev–Trinajstić information content (AvgIpc) is 3.00. The highest BCUT2D eigenvalue weighted by Crippen LogP contribution is 2.11. The minimum atomic E-state index is -0.938. The number of hydrogen-bond acceptors (Lipinski definition) is 5. The van der Waals surface area contributed by atoms with E-state index in [1.54, 1.807) is 5.38 Å². The quantitative estimate of drug-likeness (QED) is 0.624. The van der Waals surface area contributed by atoms with Crippen LogP contribution in [-0.2, 0) is 6.42 Å². The maximum absolute atomic E-state index is 13.4. The number of carbonyl (C=O) groups is 2. The molecule has 0 unspecified atom stereocenters. The lowest BCUT2D eigenvalue weighted by Crippen LogP contribution is -2.35. The van der Waals surface area contributed by atoms with E-state index >= 15 is 0 Å². The maximum atomic E-state index is 13.4. The number of thiazole rings is 1. The van der Waals surface area contributed by atoms with E-state index in [1.807, 2.05) is 0 Å². The Kier molecular flexibility index (Phi) is 8.39. The van der Waals surface area contributed by atoms with Gasteiger partial charge in [-0.1, -0.05) is 6.07 Å². The molecule has 0 radical (unpaired) electrons. The summed E-state index contributed by atoms with van der Waals surface area (Å²) in [5.41, 5.74) is 5.04. The van der Waals surface area contributed by atoms with Gasteiger partial charge in [-0.25, -0.2) is 13.8 Å². The van der Waals surface area contributed by atoms with Crippen molar-refractivity contribution in [2.24, 2.45) is 5.73 Å². The van der Waals surface area contributed by atoms with Gasteiger partial charge in [0.2, 0.25) is 0 Å². The SMILES string of the molecule is Cl.NCCc1nc(C(=O)NCCNC(=O)c2c(F)cccc2F)cs1. The number of nitrogens with one attached hydrogen (secondary N) is 2. The van der Waals surface area contributed by atoms with Crippen LogP contribution in [0, 0.1) is 11.6 Å². The van der Waals surface area contributed by atoms with Crippen LogP contribution in [0.15, 0.2) is 23.6 Å². The number of aromatic nitrogens is 1. The number of amides is 2. The summed E-state index contributed by atoms with van der Waals surface area (Å²) < 4.78 is 26.9. The van der Waals surface area contributed by atoms with E-state index in [-0.39, 0.29) is 37.1 Å². The molecule has 0 bridgehead atoms. The minimum Gasteiger partial charge on any atom is -0.350 e. The molecule has 0 aliphatic carbocycles. The molecular weight excluding hydrogens is 374 g/mol. The van der Waals surface area contributed by atoms with Crippen LogP contribution in [0.1, 0.15) is 25.9 Å². The molecule has 0 saturated heterocycles. The largest absolute Gasteiger partial charge is 0.350 e. The predicted octanol–water partition coefficient (Wildman–Crippen LogP) is 1.50. The van der Waals surface area contributed by atoms with Crippen molar-refractivity contribution in [1.82, 2.24) is 15.6 Å². The van der Waals surface area contributed by atoms with Gasteiger partial charge >= 0.3 is 0 Å². The Bertz CT molecular complexity index is 722. The molecule has 2 amide bonds. The summed E-state index contributed by atoms with van der Waals surface area (Å²) in [5.74, 6) is -3.14. The van der Waals surface area contributed by atoms with E-state index in [4.69, 9.17) is 5.73 Å². The molecule has 10 heteroatoms. The summed E-state index contributed by atoms with van der Waals surface area (Å²) in [6.45, 7) is 0.579. The van der Waals surface area contributed by atoms with Gasteiger partial charge in [0.05, 0.1) is 5.01 Å². The molecule has 0 aliphatic rings. The van der Waals surface area contributed by atoms with Crippen LogP contribution in [0.5, 0.6) is 0 Å². The van der Waals surface area contributed by atoms with Crippen LogP contribution in [0.4, 0.5) is 8.78 Å². The summed E-state index contributed by atoms with van der Waals surface area (Å²) in [6, 6.07) is 3.18. The summed E-state index contributed by atoms with van der Waals surface area (Å²) in [5, 5.41) is 7.30.